The van der Waals surface area contributed by atoms with Gasteiger partial charge in [0.25, 0.3) is 0 Å². The molecule has 0 fully saturated rings. The van der Waals surface area contributed by atoms with Crippen molar-refractivity contribution in [2.75, 3.05) is 78.7 Å². The first-order valence-electron chi connectivity index (χ1n) is 16.9. The highest BCUT2D eigenvalue weighted by molar-refractivity contribution is 5.87. The number of nitrogens with zero attached hydrogens (tertiary/aromatic N) is 4. The largest absolute Gasteiger partial charge is 0.480 e. The molecule has 0 aliphatic carbocycles. The lowest BCUT2D eigenvalue weighted by Crippen LogP contribution is -2.49. The Morgan fingerprint density at radius 2 is 0.857 bits per heavy atom. The van der Waals surface area contributed by atoms with Crippen molar-refractivity contribution in [2.45, 2.75) is 84.0 Å². The molecule has 0 aromatic carbocycles. The summed E-state index contributed by atoms with van der Waals surface area (Å²) in [5.41, 5.74) is 0. The minimum Gasteiger partial charge on any atom is -0.480 e. The highest BCUT2D eigenvalue weighted by atomic mass is 16.5. The van der Waals surface area contributed by atoms with Crippen LogP contribution in [0.2, 0.25) is 0 Å². The maximum Gasteiger partial charge on any atom is 0.323 e. The van der Waals surface area contributed by atoms with Gasteiger partial charge in [-0.15, -0.1) is 0 Å². The smallest absolute Gasteiger partial charge is 0.323 e. The zero-order valence-electron chi connectivity index (χ0n) is 28.8. The molecule has 282 valence electrons. The Labute approximate surface area is 287 Å². The summed E-state index contributed by atoms with van der Waals surface area (Å²) in [5.74, 6) is -7.75. The number of rotatable bonds is 32. The maximum atomic E-state index is 12.9. The topological polar surface area (TPSA) is 243 Å². The predicted octanol–water partition coefficient (Wildman–Crippen LogP) is 0.823. The SMILES string of the molecule is CCCCCCCCCCCCCC(=O)OCCN(CCN(CCO)CC(=O)N(CC(=O)O)CC(=O)O)CC(=O)N(CC(=O)O)CC(=O)O. The number of esters is 1. The van der Waals surface area contributed by atoms with Gasteiger partial charge in [0, 0.05) is 32.6 Å². The number of carboxylic acids is 4. The molecule has 0 spiro atoms. The minimum absolute atomic E-state index is 0.00101. The van der Waals surface area contributed by atoms with Crippen molar-refractivity contribution in [3.63, 3.8) is 0 Å². The molecule has 0 rings (SSSR count). The Balaban J connectivity index is 5.19. The van der Waals surface area contributed by atoms with Crippen molar-refractivity contribution in [1.82, 2.24) is 19.6 Å². The van der Waals surface area contributed by atoms with Gasteiger partial charge in [-0.1, -0.05) is 71.1 Å². The molecule has 5 N–H and O–H groups in total. The Morgan fingerprint density at radius 3 is 1.22 bits per heavy atom. The number of aliphatic hydroxyl groups excluding tert-OH is 1. The Morgan fingerprint density at radius 1 is 0.490 bits per heavy atom. The summed E-state index contributed by atoms with van der Waals surface area (Å²) in [6.45, 7) is -2.77. The Hall–Kier alpha value is -3.83. The number of unbranched alkanes of at least 4 members (excludes halogenated alkanes) is 10. The lowest BCUT2D eigenvalue weighted by Gasteiger charge is -2.29. The third kappa shape index (κ3) is 25.8. The molecule has 49 heavy (non-hydrogen) atoms. The molecule has 0 aromatic rings. The van der Waals surface area contributed by atoms with Crippen molar-refractivity contribution in [2.24, 2.45) is 0 Å². The number of carbonyl (C=O) groups excluding carboxylic acids is 3. The van der Waals surface area contributed by atoms with Gasteiger partial charge in [-0.2, -0.15) is 0 Å². The van der Waals surface area contributed by atoms with E-state index in [-0.39, 0.29) is 39.2 Å². The van der Waals surface area contributed by atoms with Crippen LogP contribution in [0.25, 0.3) is 0 Å². The van der Waals surface area contributed by atoms with Gasteiger partial charge in [0.15, 0.2) is 0 Å². The molecule has 17 heteroatoms. The second-order valence-electron chi connectivity index (χ2n) is 11.9. The Bertz CT molecular complexity index is 995. The summed E-state index contributed by atoms with van der Waals surface area (Å²) in [6.07, 6.45) is 12.6. The summed E-state index contributed by atoms with van der Waals surface area (Å²) in [4.78, 5) is 86.8. The second kappa shape index (κ2) is 28.1. The quantitative estimate of drug-likeness (QED) is 0.0481. The molecule has 0 aliphatic heterocycles. The average molecular weight is 705 g/mol. The third-order valence-electron chi connectivity index (χ3n) is 7.53. The fraction of sp³-hybridized carbons (Fsp3) is 0.781. The van der Waals surface area contributed by atoms with Gasteiger partial charge in [0.1, 0.15) is 32.8 Å². The van der Waals surface area contributed by atoms with Crippen LogP contribution >= 0.6 is 0 Å². The summed E-state index contributed by atoms with van der Waals surface area (Å²) in [6, 6.07) is 0. The lowest BCUT2D eigenvalue weighted by atomic mass is 10.1. The molecule has 17 nitrogen and oxygen atoms in total. The predicted molar refractivity (Wildman–Crippen MR) is 176 cm³/mol. The number of aliphatic hydroxyl groups is 1. The number of amides is 2. The van der Waals surface area contributed by atoms with Crippen molar-refractivity contribution in [3.05, 3.63) is 0 Å². The number of hydrogen-bond acceptors (Lipinski definition) is 11. The second-order valence-corrected chi connectivity index (χ2v) is 11.9. The summed E-state index contributed by atoms with van der Waals surface area (Å²) in [7, 11) is 0. The van der Waals surface area contributed by atoms with Crippen LogP contribution < -0.4 is 0 Å². The van der Waals surface area contributed by atoms with E-state index in [4.69, 9.17) is 25.2 Å². The zero-order valence-corrected chi connectivity index (χ0v) is 28.8. The summed E-state index contributed by atoms with van der Waals surface area (Å²) >= 11 is 0. The maximum absolute atomic E-state index is 12.9. The van der Waals surface area contributed by atoms with Crippen LogP contribution in [-0.2, 0) is 38.3 Å². The van der Waals surface area contributed by atoms with Gasteiger partial charge < -0.3 is 40.1 Å². The van der Waals surface area contributed by atoms with Gasteiger partial charge in [-0.05, 0) is 6.42 Å². The van der Waals surface area contributed by atoms with Crippen LogP contribution in [0, 0.1) is 0 Å². The van der Waals surface area contributed by atoms with Crippen molar-refractivity contribution in [1.29, 1.82) is 0 Å². The Kier molecular flexibility index (Phi) is 25.9. The highest BCUT2D eigenvalue weighted by Crippen LogP contribution is 2.12. The van der Waals surface area contributed by atoms with E-state index in [2.05, 4.69) is 6.92 Å². The van der Waals surface area contributed by atoms with Crippen LogP contribution in [0.4, 0.5) is 0 Å². The van der Waals surface area contributed by atoms with Crippen LogP contribution in [0.3, 0.4) is 0 Å². The number of aliphatic carboxylic acids is 4. The lowest BCUT2D eigenvalue weighted by molar-refractivity contribution is -0.150. The molecule has 0 radical (unpaired) electrons. The normalized spacial score (nSPS) is 11.0. The fourth-order valence-corrected chi connectivity index (χ4v) is 4.96. The molecule has 2 amide bonds. The van der Waals surface area contributed by atoms with Gasteiger partial charge in [-0.25, -0.2) is 0 Å². The highest BCUT2D eigenvalue weighted by Gasteiger charge is 2.25. The minimum atomic E-state index is -1.42. The number of hydrogen-bond donors (Lipinski definition) is 5. The van der Waals surface area contributed by atoms with Crippen LogP contribution in [0.5, 0.6) is 0 Å². The van der Waals surface area contributed by atoms with Crippen molar-refractivity contribution in [3.8, 4) is 0 Å². The van der Waals surface area contributed by atoms with E-state index in [0.717, 1.165) is 19.3 Å². The standard InChI is InChI=1S/C32H56N4O13/c1-2-3-4-5-6-7-8-9-10-11-12-13-32(48)49-19-17-34(21-27(39)36(24-30(44)45)25-31(46)47)15-14-33(16-18-37)20-26(38)35(22-28(40)41)23-29(42)43/h37H,2-25H2,1H3,(H,40,41)(H,42,43)(H,44,45)(H,46,47). The third-order valence-corrected chi connectivity index (χ3v) is 7.53. The molecule has 0 heterocycles. The molecule has 0 unspecified atom stereocenters. The summed E-state index contributed by atoms with van der Waals surface area (Å²) in [5, 5.41) is 45.9. The van der Waals surface area contributed by atoms with Gasteiger partial charge in [0.05, 0.1) is 19.7 Å². The van der Waals surface area contributed by atoms with Crippen molar-refractivity contribution < 1.29 is 63.8 Å². The number of carboxylic acid groups (broad SMARTS) is 4. The van der Waals surface area contributed by atoms with Crippen LogP contribution in [0.15, 0.2) is 0 Å². The molecule has 0 atom stereocenters. The average Bonchev–Trinajstić information content (AvgIpc) is 3.00. The van der Waals surface area contributed by atoms with E-state index in [1.165, 1.54) is 54.7 Å². The number of carbonyl (C=O) groups is 7. The van der Waals surface area contributed by atoms with E-state index in [9.17, 15) is 38.7 Å². The van der Waals surface area contributed by atoms with Gasteiger partial charge in [0.2, 0.25) is 11.8 Å². The molecule has 0 aromatic heterocycles. The van der Waals surface area contributed by atoms with Crippen LogP contribution in [-0.4, -0.2) is 165 Å². The van der Waals surface area contributed by atoms with Crippen molar-refractivity contribution >= 4 is 41.7 Å². The summed E-state index contributed by atoms with van der Waals surface area (Å²) < 4.78 is 5.34. The zero-order chi connectivity index (χ0) is 37.0. The van der Waals surface area contributed by atoms with Crippen LogP contribution in [0.1, 0.15) is 84.0 Å². The molecule has 0 saturated heterocycles. The number of ether oxygens (including phenoxy) is 1. The molecule has 0 bridgehead atoms. The molecule has 0 saturated carbocycles. The van der Waals surface area contributed by atoms with Gasteiger partial charge >= 0.3 is 29.8 Å². The molecular weight excluding hydrogens is 648 g/mol. The first-order valence-corrected chi connectivity index (χ1v) is 16.9. The fourth-order valence-electron chi connectivity index (χ4n) is 4.96. The molecule has 0 aliphatic rings. The monoisotopic (exact) mass is 704 g/mol. The first-order chi connectivity index (χ1) is 23.3. The first kappa shape index (κ1) is 45.2. The van der Waals surface area contributed by atoms with E-state index in [1.807, 2.05) is 0 Å². The van der Waals surface area contributed by atoms with E-state index in [0.29, 0.717) is 16.2 Å². The van der Waals surface area contributed by atoms with E-state index < -0.39 is 87.5 Å². The van der Waals surface area contributed by atoms with Gasteiger partial charge in [-0.3, -0.25) is 43.4 Å². The van der Waals surface area contributed by atoms with E-state index >= 15 is 0 Å². The molecular formula is C32H56N4O13. The van der Waals surface area contributed by atoms with E-state index in [1.54, 1.807) is 0 Å².